The summed E-state index contributed by atoms with van der Waals surface area (Å²) in [7, 11) is 0. The van der Waals surface area contributed by atoms with E-state index in [1.165, 1.54) is 18.2 Å². The van der Waals surface area contributed by atoms with Gasteiger partial charge in [0, 0.05) is 37.9 Å². The molecular formula is C22H30F3N3O3. The third kappa shape index (κ3) is 5.09. The van der Waals surface area contributed by atoms with Gasteiger partial charge in [-0.3, -0.25) is 4.79 Å². The van der Waals surface area contributed by atoms with Crippen LogP contribution in [0.2, 0.25) is 0 Å². The number of likely N-dealkylation sites (tertiary alicyclic amines) is 1. The van der Waals surface area contributed by atoms with Crippen LogP contribution in [0.1, 0.15) is 32.6 Å². The molecule has 1 aromatic rings. The summed E-state index contributed by atoms with van der Waals surface area (Å²) in [6.45, 7) is 6.08. The van der Waals surface area contributed by atoms with E-state index in [9.17, 15) is 23.1 Å². The quantitative estimate of drug-likeness (QED) is 0.736. The highest BCUT2D eigenvalue weighted by molar-refractivity contribution is 5.86. The number of piperidine rings is 1. The highest BCUT2D eigenvalue weighted by Crippen LogP contribution is 2.53. The number of anilines is 1. The fourth-order valence-corrected chi connectivity index (χ4v) is 4.87. The fraction of sp³-hybridized carbons (Fsp3) is 0.682. The number of carbonyl (C=O) groups excluding carboxylic acids is 1. The van der Waals surface area contributed by atoms with Gasteiger partial charge in [0.25, 0.3) is 0 Å². The molecule has 3 fully saturated rings. The number of aliphatic hydroxyl groups is 1. The number of hydrogen-bond acceptors (Lipinski definition) is 5. The highest BCUT2D eigenvalue weighted by atomic mass is 19.4. The summed E-state index contributed by atoms with van der Waals surface area (Å²) in [5, 5.41) is 10.3. The van der Waals surface area contributed by atoms with Crippen LogP contribution in [0.15, 0.2) is 24.3 Å². The first-order valence-electron chi connectivity index (χ1n) is 11.0. The standard InChI is InChI=1S/C22H30F3N3O3/c1-16-20(30)27(10-3-9-26-11-8-21(6-7-21)19(29)15-26)12-13-28(16)17-4-2-5-18(14-17)31-22(23,24)25/h2,4-5,14,16,19,29H,3,6-13,15H2,1H3/t16-,19+/m0/s1. The zero-order valence-corrected chi connectivity index (χ0v) is 17.8. The SMILES string of the molecule is C[C@H]1C(=O)N(CCCN2CCC3(CC3)[C@H](O)C2)CCN1c1cccc(OC(F)(F)F)c1. The van der Waals surface area contributed by atoms with Gasteiger partial charge in [0.2, 0.25) is 5.91 Å². The predicted octanol–water partition coefficient (Wildman–Crippen LogP) is 2.86. The molecule has 3 aliphatic rings. The van der Waals surface area contributed by atoms with Crippen LogP contribution in [0.25, 0.3) is 0 Å². The van der Waals surface area contributed by atoms with Gasteiger partial charge in [0.1, 0.15) is 11.8 Å². The van der Waals surface area contributed by atoms with Crippen molar-refractivity contribution in [2.45, 2.75) is 51.1 Å². The van der Waals surface area contributed by atoms with Crippen molar-refractivity contribution in [3.63, 3.8) is 0 Å². The summed E-state index contributed by atoms with van der Waals surface area (Å²) in [6, 6.07) is 5.31. The van der Waals surface area contributed by atoms with Crippen molar-refractivity contribution in [3.8, 4) is 5.75 Å². The number of β-amino-alcohol motifs (C(OH)–C–C–N with tert-alkyl or cyclic N) is 1. The molecule has 1 aromatic carbocycles. The normalized spacial score (nSPS) is 26.4. The average molecular weight is 441 g/mol. The Hall–Kier alpha value is -2.00. The summed E-state index contributed by atoms with van der Waals surface area (Å²) >= 11 is 0. The van der Waals surface area contributed by atoms with Crippen molar-refractivity contribution in [2.75, 3.05) is 44.2 Å². The molecule has 1 amide bonds. The number of alkyl halides is 3. The predicted molar refractivity (Wildman–Crippen MR) is 110 cm³/mol. The van der Waals surface area contributed by atoms with Crippen LogP contribution < -0.4 is 9.64 Å². The molecular weight excluding hydrogens is 411 g/mol. The van der Waals surface area contributed by atoms with E-state index in [0.717, 1.165) is 38.8 Å². The van der Waals surface area contributed by atoms with Crippen LogP contribution in [-0.4, -0.2) is 78.6 Å². The largest absolute Gasteiger partial charge is 0.573 e. The van der Waals surface area contributed by atoms with E-state index in [4.69, 9.17) is 0 Å². The second kappa shape index (κ2) is 8.50. The molecule has 6 nitrogen and oxygen atoms in total. The van der Waals surface area contributed by atoms with Gasteiger partial charge in [-0.25, -0.2) is 0 Å². The summed E-state index contributed by atoms with van der Waals surface area (Å²) in [5.74, 6) is -0.312. The lowest BCUT2D eigenvalue weighted by atomic mass is 9.90. The van der Waals surface area contributed by atoms with Crippen molar-refractivity contribution in [3.05, 3.63) is 24.3 Å². The number of nitrogens with zero attached hydrogens (tertiary/aromatic N) is 3. The molecule has 1 aliphatic carbocycles. The Labute approximate surface area is 180 Å². The molecule has 9 heteroatoms. The number of rotatable bonds is 6. The Balaban J connectivity index is 1.27. The minimum atomic E-state index is -4.75. The van der Waals surface area contributed by atoms with Gasteiger partial charge >= 0.3 is 6.36 Å². The number of carbonyl (C=O) groups is 1. The lowest BCUT2D eigenvalue weighted by molar-refractivity contribution is -0.274. The number of ether oxygens (including phenoxy) is 1. The first-order chi connectivity index (χ1) is 14.7. The molecule has 1 saturated carbocycles. The van der Waals surface area contributed by atoms with Gasteiger partial charge in [0.15, 0.2) is 0 Å². The van der Waals surface area contributed by atoms with E-state index in [0.29, 0.717) is 31.9 Å². The number of amides is 1. The van der Waals surface area contributed by atoms with Crippen molar-refractivity contribution in [1.29, 1.82) is 0 Å². The Kier molecular flexibility index (Phi) is 6.09. The molecule has 0 aromatic heterocycles. The summed E-state index contributed by atoms with van der Waals surface area (Å²) in [5.41, 5.74) is 0.735. The summed E-state index contributed by atoms with van der Waals surface area (Å²) in [6.07, 6.45) is -0.799. The van der Waals surface area contributed by atoms with E-state index in [2.05, 4.69) is 9.64 Å². The summed E-state index contributed by atoms with van der Waals surface area (Å²) < 4.78 is 41.5. The first-order valence-corrected chi connectivity index (χ1v) is 11.0. The van der Waals surface area contributed by atoms with Crippen molar-refractivity contribution >= 4 is 11.6 Å². The Bertz CT molecular complexity index is 800. The molecule has 1 spiro atoms. The molecule has 1 N–H and O–H groups in total. The Morgan fingerprint density at radius 2 is 1.94 bits per heavy atom. The van der Waals surface area contributed by atoms with Gasteiger partial charge < -0.3 is 24.5 Å². The zero-order valence-electron chi connectivity index (χ0n) is 17.8. The van der Waals surface area contributed by atoms with Crippen LogP contribution in [0.5, 0.6) is 5.75 Å². The van der Waals surface area contributed by atoms with E-state index in [1.54, 1.807) is 13.0 Å². The molecule has 31 heavy (non-hydrogen) atoms. The molecule has 172 valence electrons. The van der Waals surface area contributed by atoms with Crippen LogP contribution in [0.3, 0.4) is 0 Å². The van der Waals surface area contributed by atoms with Gasteiger partial charge in [-0.15, -0.1) is 13.2 Å². The van der Waals surface area contributed by atoms with Crippen LogP contribution in [-0.2, 0) is 4.79 Å². The molecule has 0 radical (unpaired) electrons. The number of benzene rings is 1. The molecule has 2 atom stereocenters. The average Bonchev–Trinajstić information content (AvgIpc) is 3.48. The maximum Gasteiger partial charge on any atom is 0.573 e. The van der Waals surface area contributed by atoms with E-state index in [1.807, 2.05) is 9.80 Å². The number of piperazine rings is 1. The molecule has 0 bridgehead atoms. The second-order valence-electron chi connectivity index (χ2n) is 9.02. The van der Waals surface area contributed by atoms with Gasteiger partial charge in [-0.05, 0) is 63.2 Å². The molecule has 2 heterocycles. The number of halogens is 3. The molecule has 2 aliphatic heterocycles. The second-order valence-corrected chi connectivity index (χ2v) is 9.02. The Morgan fingerprint density at radius 3 is 2.61 bits per heavy atom. The third-order valence-electron chi connectivity index (χ3n) is 6.99. The topological polar surface area (TPSA) is 56.2 Å². The number of aliphatic hydroxyl groups excluding tert-OH is 1. The van der Waals surface area contributed by atoms with E-state index < -0.39 is 12.4 Å². The van der Waals surface area contributed by atoms with Gasteiger partial charge in [-0.2, -0.15) is 0 Å². The van der Waals surface area contributed by atoms with Gasteiger partial charge in [0.05, 0.1) is 6.10 Å². The minimum absolute atomic E-state index is 0.0241. The monoisotopic (exact) mass is 441 g/mol. The van der Waals surface area contributed by atoms with Crippen molar-refractivity contribution in [1.82, 2.24) is 9.80 Å². The molecule has 0 unspecified atom stereocenters. The smallest absolute Gasteiger partial charge is 0.406 e. The summed E-state index contributed by atoms with van der Waals surface area (Å²) in [4.78, 5) is 18.8. The maximum atomic E-state index is 12.9. The first kappa shape index (κ1) is 22.2. The maximum absolute atomic E-state index is 12.9. The minimum Gasteiger partial charge on any atom is -0.406 e. The van der Waals surface area contributed by atoms with Gasteiger partial charge in [-0.1, -0.05) is 6.07 Å². The molecule has 2 saturated heterocycles. The fourth-order valence-electron chi connectivity index (χ4n) is 4.87. The van der Waals surface area contributed by atoms with E-state index >= 15 is 0 Å². The lowest BCUT2D eigenvalue weighted by Crippen LogP contribution is -2.56. The Morgan fingerprint density at radius 1 is 1.16 bits per heavy atom. The molecule has 4 rings (SSSR count). The van der Waals surface area contributed by atoms with Crippen molar-refractivity contribution in [2.24, 2.45) is 5.41 Å². The van der Waals surface area contributed by atoms with Crippen LogP contribution >= 0.6 is 0 Å². The van der Waals surface area contributed by atoms with Crippen molar-refractivity contribution < 1.29 is 27.8 Å². The highest BCUT2D eigenvalue weighted by Gasteiger charge is 2.51. The third-order valence-corrected chi connectivity index (χ3v) is 6.99. The zero-order chi connectivity index (χ0) is 22.2. The number of hydrogen-bond donors (Lipinski definition) is 1. The van der Waals surface area contributed by atoms with E-state index in [-0.39, 0.29) is 23.2 Å². The van der Waals surface area contributed by atoms with Crippen LogP contribution in [0.4, 0.5) is 18.9 Å². The van der Waals surface area contributed by atoms with Crippen LogP contribution in [0, 0.1) is 5.41 Å². The lowest BCUT2D eigenvalue weighted by Gasteiger charge is -2.41.